The van der Waals surface area contributed by atoms with E-state index >= 15 is 4.79 Å². The van der Waals surface area contributed by atoms with Gasteiger partial charge in [-0.2, -0.15) is 0 Å². The van der Waals surface area contributed by atoms with Crippen molar-refractivity contribution in [3.05, 3.63) is 221 Å². The van der Waals surface area contributed by atoms with Gasteiger partial charge >= 0.3 is 5.97 Å². The number of hydrogen-bond donors (Lipinski definition) is 6. The summed E-state index contributed by atoms with van der Waals surface area (Å²) in [6.07, 6.45) is 27.8. The summed E-state index contributed by atoms with van der Waals surface area (Å²) < 4.78 is 20.4. The number of hydrogen-bond acceptors (Lipinski definition) is 12. The Morgan fingerprint density at radius 2 is 1.67 bits per heavy atom. The second kappa shape index (κ2) is 24.2. The third-order valence-electron chi connectivity index (χ3n) is 17.0. The summed E-state index contributed by atoms with van der Waals surface area (Å²) in [5, 5.41) is 50.0. The number of carbonyl (C=O) groups excluding carboxylic acids is 3. The Morgan fingerprint density at radius 3 is 2.47 bits per heavy atom. The van der Waals surface area contributed by atoms with Crippen LogP contribution in [0.5, 0.6) is 34.5 Å². The lowest BCUT2D eigenvalue weighted by Gasteiger charge is -2.47. The molecule has 6 N–H and O–H groups in total. The van der Waals surface area contributed by atoms with Gasteiger partial charge in [-0.15, -0.1) is 0 Å². The summed E-state index contributed by atoms with van der Waals surface area (Å²) in [4.78, 5) is 46.8. The molecule has 2 aliphatic carbocycles. The van der Waals surface area contributed by atoms with Crippen molar-refractivity contribution >= 4 is 34.0 Å². The van der Waals surface area contributed by atoms with E-state index in [1.807, 2.05) is 71.6 Å². The lowest BCUT2D eigenvalue weighted by atomic mass is 9.57. The van der Waals surface area contributed by atoms with Crippen molar-refractivity contribution in [2.75, 3.05) is 25.1 Å². The number of esters is 1. The van der Waals surface area contributed by atoms with Gasteiger partial charge in [0, 0.05) is 98.2 Å². The predicted molar refractivity (Wildman–Crippen MR) is 320 cm³/mol. The zero-order chi connectivity index (χ0) is 57.8. The number of aromatic nitrogens is 2. The van der Waals surface area contributed by atoms with Crippen molar-refractivity contribution in [1.82, 2.24) is 14.9 Å². The largest absolute Gasteiger partial charge is 0.508 e. The summed E-state index contributed by atoms with van der Waals surface area (Å²) in [5.41, 5.74) is 7.43. The van der Waals surface area contributed by atoms with Gasteiger partial charge in [-0.25, -0.2) is 0 Å². The molecule has 0 amide bonds. The molecular formula is C69H70N4O10. The summed E-state index contributed by atoms with van der Waals surface area (Å²) in [7, 11) is 1.46. The summed E-state index contributed by atoms with van der Waals surface area (Å²) in [6.45, 7) is 3.42. The number of H-pyrrole nitrogens is 1. The van der Waals surface area contributed by atoms with Gasteiger partial charge in [0.25, 0.3) is 0 Å². The zero-order valence-electron chi connectivity index (χ0n) is 47.0. The maximum absolute atomic E-state index is 15.1. The second-order valence-electron chi connectivity index (χ2n) is 22.4. The van der Waals surface area contributed by atoms with E-state index < -0.39 is 23.5 Å². The van der Waals surface area contributed by atoms with E-state index in [2.05, 4.69) is 82.3 Å². The molecule has 4 heterocycles. The number of Topliss-reactive ketones (excluding diaryl/α,β-unsaturated/α-hetero) is 2. The van der Waals surface area contributed by atoms with E-state index in [9.17, 15) is 30.0 Å². The fraction of sp³-hybridized carbons (Fsp3) is 0.290. The lowest BCUT2D eigenvalue weighted by Crippen LogP contribution is -2.38. The number of fused-ring (bicyclic) bond motifs is 4. The van der Waals surface area contributed by atoms with Gasteiger partial charge in [-0.3, -0.25) is 14.4 Å². The van der Waals surface area contributed by atoms with E-state index in [1.165, 1.54) is 20.1 Å². The summed E-state index contributed by atoms with van der Waals surface area (Å²) in [6, 6.07) is 28.5. The highest BCUT2D eigenvalue weighted by molar-refractivity contribution is 5.97. The van der Waals surface area contributed by atoms with Gasteiger partial charge in [0.15, 0.2) is 11.5 Å². The number of aromatic hydroxyl groups is 3. The number of aliphatic hydroxyl groups is 1. The van der Waals surface area contributed by atoms with Gasteiger partial charge in [0.2, 0.25) is 5.75 Å². The predicted octanol–water partition coefficient (Wildman–Crippen LogP) is 12.6. The number of aliphatic hydroxyl groups excluding tert-OH is 1. The third-order valence-corrected chi connectivity index (χ3v) is 17.0. The van der Waals surface area contributed by atoms with Crippen LogP contribution in [0.3, 0.4) is 0 Å². The number of anilines is 1. The molecule has 0 fully saturated rings. The molecule has 1 spiro atoms. The molecule has 0 saturated carbocycles. The van der Waals surface area contributed by atoms with Crippen molar-refractivity contribution < 1.29 is 49.0 Å². The Morgan fingerprint density at radius 1 is 0.831 bits per heavy atom. The molecular weight excluding hydrogens is 1040 g/mol. The fourth-order valence-electron chi connectivity index (χ4n) is 13.0. The minimum Gasteiger partial charge on any atom is -0.508 e. The fourth-order valence-corrected chi connectivity index (χ4v) is 13.0. The van der Waals surface area contributed by atoms with Crippen molar-refractivity contribution in [1.29, 1.82) is 0 Å². The first-order valence-electron chi connectivity index (χ1n) is 28.5. The molecule has 4 aliphatic rings. The van der Waals surface area contributed by atoms with E-state index in [1.54, 1.807) is 37.3 Å². The highest BCUT2D eigenvalue weighted by Gasteiger charge is 2.46. The first-order chi connectivity index (χ1) is 40.2. The minimum absolute atomic E-state index is 0.00000923. The second-order valence-corrected chi connectivity index (χ2v) is 22.4. The number of ether oxygens (including phenoxy) is 3. The molecule has 11 rings (SSSR count). The molecule has 4 bridgehead atoms. The van der Waals surface area contributed by atoms with Crippen molar-refractivity contribution in [2.45, 2.75) is 95.8 Å². The number of aromatic amines is 1. The van der Waals surface area contributed by atoms with E-state index in [0.717, 1.165) is 56.7 Å². The molecule has 6 atom stereocenters. The molecule has 2 aromatic heterocycles. The van der Waals surface area contributed by atoms with Gasteiger partial charge in [-0.05, 0) is 138 Å². The summed E-state index contributed by atoms with van der Waals surface area (Å²) in [5.74, 6) is 0.149. The number of methoxy groups -OCH3 is 1. The van der Waals surface area contributed by atoms with Crippen molar-refractivity contribution in [2.24, 2.45) is 11.3 Å². The lowest BCUT2D eigenvalue weighted by molar-refractivity contribution is -0.148. The molecule has 426 valence electrons. The van der Waals surface area contributed by atoms with Crippen LogP contribution in [0.15, 0.2) is 182 Å². The monoisotopic (exact) mass is 1110 g/mol. The SMILES string of the molecule is COc1cc(C2CC(=O)CC(OC(C)=O)CCC34C=CC=CC3CC=CC4c3c[nH]cc3CC(c3cccc(O)c3)C3=CCNC(=C3)N(CCC(C)=O)c3ccc(CO)c4cn2cc34)cc(O)c1Oc1cc(O)cc(Cc2ccccc2)c1. The number of ketones is 2. The quantitative estimate of drug-likeness (QED) is 0.0501. The Labute approximate surface area is 483 Å². The average Bonchev–Trinajstić information content (AvgIpc) is 4.24. The Kier molecular flexibility index (Phi) is 16.3. The summed E-state index contributed by atoms with van der Waals surface area (Å²) >= 11 is 0. The number of phenolic OH excluding ortho intramolecular Hbond substituents is 3. The van der Waals surface area contributed by atoms with Gasteiger partial charge in [0.1, 0.15) is 40.7 Å². The molecule has 14 nitrogen and oxygen atoms in total. The molecule has 83 heavy (non-hydrogen) atoms. The Hall–Kier alpha value is -9.01. The van der Waals surface area contributed by atoms with Crippen LogP contribution in [-0.2, 0) is 38.6 Å². The van der Waals surface area contributed by atoms with Crippen LogP contribution in [0.4, 0.5) is 5.69 Å². The van der Waals surface area contributed by atoms with Crippen LogP contribution in [0.2, 0.25) is 0 Å². The minimum atomic E-state index is -0.807. The Bertz CT molecular complexity index is 3740. The number of rotatable bonds is 12. The van der Waals surface area contributed by atoms with Gasteiger partial charge in [-0.1, -0.05) is 91.1 Å². The van der Waals surface area contributed by atoms with E-state index in [4.69, 9.17) is 14.2 Å². The van der Waals surface area contributed by atoms with Gasteiger partial charge in [0.05, 0.1) is 25.4 Å². The number of benzene rings is 5. The number of nitrogens with zero attached hydrogens (tertiary/aromatic N) is 2. The molecule has 6 unspecified atom stereocenters. The maximum Gasteiger partial charge on any atom is 0.302 e. The number of nitrogens with one attached hydrogen (secondary N) is 2. The van der Waals surface area contributed by atoms with Crippen molar-refractivity contribution in [3.8, 4) is 34.5 Å². The topological polar surface area (TPSA) is 196 Å². The molecule has 0 saturated heterocycles. The molecule has 0 radical (unpaired) electrons. The van der Waals surface area contributed by atoms with Crippen LogP contribution < -0.4 is 19.7 Å². The highest BCUT2D eigenvalue weighted by atomic mass is 16.5. The third kappa shape index (κ3) is 12.0. The first kappa shape index (κ1) is 55.9. The average molecular weight is 1120 g/mol. The van der Waals surface area contributed by atoms with Crippen LogP contribution in [0.25, 0.3) is 10.8 Å². The number of phenols is 3. The number of dihydropyridines is 1. The highest BCUT2D eigenvalue weighted by Crippen LogP contribution is 2.55. The standard InChI is InChI=1S/C69H70N4O10/c1-43(75)22-26-73-63-19-18-49(42-74)60-40-72(41-61(60)63)64(50-32-65(80)68(66(33-50)81-3)83-57-29-46(28-54(78)36-57)27-45-11-5-4-6-12-45)37-55(79)35-56(82-44(2)76)20-24-69-23-8-7-14-52(69)15-10-17-62(69)59-39-70-38-51(59)31-58(47-13-9-16-53(77)30-47)48-21-25-71-67(73)34-48/h4-14,16-19,21,23,28-30,32-34,36,38-41,52,56,58,62,64,70-71,74,77-78,80H,15,20,22,24-27,31,35,37,42H2,1-3H3. The molecule has 2 aliphatic heterocycles. The van der Waals surface area contributed by atoms with Crippen LogP contribution >= 0.6 is 0 Å². The zero-order valence-corrected chi connectivity index (χ0v) is 47.0. The van der Waals surface area contributed by atoms with E-state index in [-0.39, 0.29) is 89.7 Å². The smallest absolute Gasteiger partial charge is 0.302 e. The van der Waals surface area contributed by atoms with Gasteiger partial charge < -0.3 is 54.4 Å². The number of carbonyl (C=O) groups is 3. The normalized spacial score (nSPS) is 21.6. The maximum atomic E-state index is 15.1. The van der Waals surface area contributed by atoms with Crippen LogP contribution in [-0.4, -0.2) is 73.8 Å². The van der Waals surface area contributed by atoms with Crippen LogP contribution in [0.1, 0.15) is 109 Å². The first-order valence-corrected chi connectivity index (χ1v) is 28.5. The molecule has 14 heteroatoms. The van der Waals surface area contributed by atoms with Crippen LogP contribution in [0, 0.1) is 11.3 Å². The Balaban J connectivity index is 1.07. The molecule has 5 aromatic carbocycles. The van der Waals surface area contributed by atoms with E-state index in [0.29, 0.717) is 55.3 Å². The molecule has 7 aromatic rings. The van der Waals surface area contributed by atoms with Crippen molar-refractivity contribution in [3.63, 3.8) is 0 Å². The number of allylic oxidation sites excluding steroid dienone is 8.